The van der Waals surface area contributed by atoms with Crippen molar-refractivity contribution >= 4 is 0 Å². The van der Waals surface area contributed by atoms with Crippen molar-refractivity contribution in [3.63, 3.8) is 0 Å². The summed E-state index contributed by atoms with van der Waals surface area (Å²) in [5, 5.41) is 10.4. The summed E-state index contributed by atoms with van der Waals surface area (Å²) in [5.74, 6) is 1.13. The third-order valence-corrected chi connectivity index (χ3v) is 2.97. The average molecular weight is 141 g/mol. The molecule has 2 aliphatic carbocycles. The molecule has 3 atom stereocenters. The smallest absolute Gasteiger partial charge is 0.216 e. The van der Waals surface area contributed by atoms with Crippen LogP contribution in [0.1, 0.15) is 25.7 Å². The van der Waals surface area contributed by atoms with Crippen molar-refractivity contribution in [3.8, 4) is 0 Å². The molecular formula is C7H11NO2. The van der Waals surface area contributed by atoms with Crippen molar-refractivity contribution < 1.29 is 4.92 Å². The van der Waals surface area contributed by atoms with E-state index < -0.39 is 0 Å². The lowest BCUT2D eigenvalue weighted by atomic mass is 9.96. The van der Waals surface area contributed by atoms with Crippen LogP contribution >= 0.6 is 0 Å². The maximum atomic E-state index is 10.4. The molecule has 0 saturated heterocycles. The Bertz CT molecular complexity index is 169. The molecule has 0 radical (unpaired) electrons. The van der Waals surface area contributed by atoms with E-state index in [1.165, 1.54) is 6.42 Å². The first-order valence-electron chi connectivity index (χ1n) is 3.91. The van der Waals surface area contributed by atoms with Crippen LogP contribution in [0.4, 0.5) is 0 Å². The maximum absolute atomic E-state index is 10.4. The molecule has 2 bridgehead atoms. The lowest BCUT2D eigenvalue weighted by molar-refractivity contribution is -0.530. The topological polar surface area (TPSA) is 43.1 Å². The molecule has 10 heavy (non-hydrogen) atoms. The highest BCUT2D eigenvalue weighted by atomic mass is 16.6. The van der Waals surface area contributed by atoms with Crippen molar-refractivity contribution in [2.75, 3.05) is 0 Å². The number of hydrogen-bond acceptors (Lipinski definition) is 2. The second-order valence-corrected chi connectivity index (χ2v) is 3.53. The zero-order valence-corrected chi connectivity index (χ0v) is 5.82. The Labute approximate surface area is 59.6 Å². The molecule has 0 amide bonds. The minimum Gasteiger partial charge on any atom is -0.264 e. The zero-order valence-electron chi connectivity index (χ0n) is 5.82. The van der Waals surface area contributed by atoms with Gasteiger partial charge in [0.05, 0.1) is 0 Å². The van der Waals surface area contributed by atoms with E-state index in [4.69, 9.17) is 0 Å². The molecule has 3 heteroatoms. The summed E-state index contributed by atoms with van der Waals surface area (Å²) in [4.78, 5) is 10.3. The molecular weight excluding hydrogens is 130 g/mol. The van der Waals surface area contributed by atoms with Crippen molar-refractivity contribution in [1.29, 1.82) is 0 Å². The third kappa shape index (κ3) is 0.728. The first-order chi connectivity index (χ1) is 4.77. The Hall–Kier alpha value is -0.600. The molecule has 56 valence electrons. The van der Waals surface area contributed by atoms with Crippen molar-refractivity contribution in [1.82, 2.24) is 0 Å². The van der Waals surface area contributed by atoms with Crippen LogP contribution in [-0.4, -0.2) is 11.0 Å². The van der Waals surface area contributed by atoms with Gasteiger partial charge in [0.1, 0.15) is 0 Å². The summed E-state index contributed by atoms with van der Waals surface area (Å²) < 4.78 is 0. The molecule has 2 saturated carbocycles. The summed E-state index contributed by atoms with van der Waals surface area (Å²) in [6.07, 6.45) is 4.34. The molecule has 0 spiro atoms. The standard InChI is InChI=1S/C7H11NO2/c9-8(10)7-4-5-1-2-6(7)3-5/h5-7H,1-4H2/t5?,6?,7-/m1/s1. The Morgan fingerprint density at radius 3 is 2.40 bits per heavy atom. The fraction of sp³-hybridized carbons (Fsp3) is 1.00. The van der Waals surface area contributed by atoms with Crippen LogP contribution in [-0.2, 0) is 0 Å². The van der Waals surface area contributed by atoms with E-state index in [9.17, 15) is 10.1 Å². The van der Waals surface area contributed by atoms with Crippen LogP contribution in [0.2, 0.25) is 0 Å². The van der Waals surface area contributed by atoms with Gasteiger partial charge in [-0.15, -0.1) is 0 Å². The minimum absolute atomic E-state index is 0.0795. The van der Waals surface area contributed by atoms with Gasteiger partial charge in [0.2, 0.25) is 6.04 Å². The van der Waals surface area contributed by atoms with E-state index in [1.807, 2.05) is 0 Å². The van der Waals surface area contributed by atoms with Gasteiger partial charge in [0.15, 0.2) is 0 Å². The Balaban J connectivity index is 2.08. The van der Waals surface area contributed by atoms with Crippen LogP contribution < -0.4 is 0 Å². The van der Waals surface area contributed by atoms with Crippen LogP contribution in [0.25, 0.3) is 0 Å². The largest absolute Gasteiger partial charge is 0.264 e. The van der Waals surface area contributed by atoms with Crippen molar-refractivity contribution in [2.45, 2.75) is 31.7 Å². The quantitative estimate of drug-likeness (QED) is 0.409. The van der Waals surface area contributed by atoms with Gasteiger partial charge in [-0.2, -0.15) is 0 Å². The van der Waals surface area contributed by atoms with Gasteiger partial charge in [-0.1, -0.05) is 0 Å². The highest BCUT2D eigenvalue weighted by Crippen LogP contribution is 2.45. The monoisotopic (exact) mass is 141 g/mol. The van der Waals surface area contributed by atoms with Crippen LogP contribution in [0.3, 0.4) is 0 Å². The van der Waals surface area contributed by atoms with E-state index in [-0.39, 0.29) is 11.0 Å². The van der Waals surface area contributed by atoms with Gasteiger partial charge >= 0.3 is 0 Å². The summed E-state index contributed by atoms with van der Waals surface area (Å²) in [6, 6.07) is -0.182. The predicted octanol–water partition coefficient (Wildman–Crippen LogP) is 1.45. The van der Waals surface area contributed by atoms with Crippen LogP contribution in [0.15, 0.2) is 0 Å². The molecule has 0 aromatic heterocycles. The zero-order chi connectivity index (χ0) is 7.14. The average Bonchev–Trinajstić information content (AvgIpc) is 2.44. The molecule has 2 rings (SSSR count). The highest BCUT2D eigenvalue weighted by Gasteiger charge is 2.46. The molecule has 0 aromatic rings. The minimum atomic E-state index is -0.182. The second kappa shape index (κ2) is 1.94. The summed E-state index contributed by atoms with van der Waals surface area (Å²) in [7, 11) is 0. The molecule has 2 aliphatic rings. The van der Waals surface area contributed by atoms with Gasteiger partial charge < -0.3 is 0 Å². The third-order valence-electron chi connectivity index (χ3n) is 2.97. The van der Waals surface area contributed by atoms with Gasteiger partial charge in [0.25, 0.3) is 0 Å². The molecule has 2 unspecified atom stereocenters. The molecule has 0 aliphatic heterocycles. The van der Waals surface area contributed by atoms with E-state index in [1.54, 1.807) is 0 Å². The predicted molar refractivity (Wildman–Crippen MR) is 36.2 cm³/mol. The molecule has 0 heterocycles. The SMILES string of the molecule is O=[N+]([O-])[C@@H]1CC2CCC1C2. The van der Waals surface area contributed by atoms with E-state index >= 15 is 0 Å². The Kier molecular flexibility index (Phi) is 1.19. The summed E-state index contributed by atoms with van der Waals surface area (Å²) in [6.45, 7) is 0. The molecule has 2 fully saturated rings. The lowest BCUT2D eigenvalue weighted by Gasteiger charge is -2.13. The van der Waals surface area contributed by atoms with Gasteiger partial charge in [-0.25, -0.2) is 0 Å². The van der Waals surface area contributed by atoms with Crippen molar-refractivity contribution in [2.24, 2.45) is 11.8 Å². The number of rotatable bonds is 1. The number of nitro groups is 1. The van der Waals surface area contributed by atoms with Crippen molar-refractivity contribution in [3.05, 3.63) is 10.1 Å². The molecule has 0 aromatic carbocycles. The fourth-order valence-electron chi connectivity index (χ4n) is 2.47. The van der Waals surface area contributed by atoms with E-state index in [0.29, 0.717) is 11.8 Å². The first kappa shape index (κ1) is 6.13. The molecule has 0 N–H and O–H groups in total. The highest BCUT2D eigenvalue weighted by molar-refractivity contribution is 4.90. The van der Waals surface area contributed by atoms with E-state index in [2.05, 4.69) is 0 Å². The molecule has 3 nitrogen and oxygen atoms in total. The van der Waals surface area contributed by atoms with Gasteiger partial charge in [0, 0.05) is 17.3 Å². The Morgan fingerprint density at radius 2 is 2.10 bits per heavy atom. The Morgan fingerprint density at radius 1 is 1.30 bits per heavy atom. The van der Waals surface area contributed by atoms with Gasteiger partial charge in [-0.3, -0.25) is 10.1 Å². The maximum Gasteiger partial charge on any atom is 0.216 e. The number of hydrogen-bond donors (Lipinski definition) is 0. The fourth-order valence-corrected chi connectivity index (χ4v) is 2.47. The van der Waals surface area contributed by atoms with Gasteiger partial charge in [-0.05, 0) is 25.2 Å². The van der Waals surface area contributed by atoms with Crippen LogP contribution in [0.5, 0.6) is 0 Å². The number of nitrogens with zero attached hydrogens (tertiary/aromatic N) is 1. The lowest BCUT2D eigenvalue weighted by Crippen LogP contribution is -2.25. The van der Waals surface area contributed by atoms with E-state index in [0.717, 1.165) is 19.3 Å². The summed E-state index contributed by atoms with van der Waals surface area (Å²) in [5.41, 5.74) is 0. The first-order valence-corrected chi connectivity index (χ1v) is 3.91. The normalized spacial score (nSPS) is 44.2. The van der Waals surface area contributed by atoms with Crippen LogP contribution in [0, 0.1) is 22.0 Å². The number of fused-ring (bicyclic) bond motifs is 2. The summed E-state index contributed by atoms with van der Waals surface area (Å²) >= 11 is 0. The second-order valence-electron chi connectivity index (χ2n) is 3.53.